The number of nitrogens with zero attached hydrogens (tertiary/aromatic N) is 2. The second-order valence-electron chi connectivity index (χ2n) is 5.18. The molecule has 2 rings (SSSR count). The summed E-state index contributed by atoms with van der Waals surface area (Å²) < 4.78 is 0. The van der Waals surface area contributed by atoms with Crippen LogP contribution in [-0.4, -0.2) is 28.0 Å². The van der Waals surface area contributed by atoms with Gasteiger partial charge < -0.3 is 4.98 Å². The lowest BCUT2D eigenvalue weighted by atomic mass is 10.2. The maximum Gasteiger partial charge on any atom is 0.121 e. The van der Waals surface area contributed by atoms with Crippen molar-refractivity contribution in [3.63, 3.8) is 0 Å². The fraction of sp³-hybridized carbons (Fsp3) is 0.562. The van der Waals surface area contributed by atoms with Crippen LogP contribution in [0.2, 0.25) is 0 Å². The zero-order chi connectivity index (χ0) is 13.5. The van der Waals surface area contributed by atoms with Crippen LogP contribution in [0.3, 0.4) is 0 Å². The third-order valence-electron chi connectivity index (χ3n) is 3.47. The summed E-state index contributed by atoms with van der Waals surface area (Å²) >= 11 is 0. The largest absolute Gasteiger partial charge is 0.341 e. The molecule has 0 saturated carbocycles. The quantitative estimate of drug-likeness (QED) is 0.778. The van der Waals surface area contributed by atoms with E-state index in [4.69, 9.17) is 0 Å². The summed E-state index contributed by atoms with van der Waals surface area (Å²) in [5.41, 5.74) is 2.21. The zero-order valence-electron chi connectivity index (χ0n) is 12.2. The Hall–Kier alpha value is -1.35. The fourth-order valence-electron chi connectivity index (χ4n) is 2.33. The van der Waals surface area contributed by atoms with Crippen LogP contribution in [-0.2, 0) is 6.54 Å². The van der Waals surface area contributed by atoms with Crippen LogP contribution in [0.4, 0.5) is 0 Å². The molecular formula is C16H25N3. The van der Waals surface area contributed by atoms with Crippen LogP contribution in [0.5, 0.6) is 0 Å². The number of benzene rings is 1. The molecule has 3 nitrogen and oxygen atoms in total. The Labute approximate surface area is 116 Å². The number of aromatic nitrogens is 2. The average molecular weight is 259 g/mol. The van der Waals surface area contributed by atoms with Gasteiger partial charge in [0.1, 0.15) is 5.82 Å². The minimum Gasteiger partial charge on any atom is -0.341 e. The van der Waals surface area contributed by atoms with E-state index in [0.717, 1.165) is 23.4 Å². The number of hydrogen-bond acceptors (Lipinski definition) is 2. The molecule has 1 N–H and O–H groups in total. The minimum absolute atomic E-state index is 0.939. The van der Waals surface area contributed by atoms with Gasteiger partial charge in [-0.15, -0.1) is 0 Å². The molecule has 1 aromatic carbocycles. The number of hydrogen-bond donors (Lipinski definition) is 1. The first kappa shape index (κ1) is 14.1. The average Bonchev–Trinajstić information content (AvgIpc) is 2.84. The smallest absolute Gasteiger partial charge is 0.121 e. The standard InChI is InChI=1S/C16H25N3/c1-3-5-11-19(12-6-4-2)13-16-17-14-9-7-8-10-15(14)18-16/h7-10H,3-6,11-13H2,1-2H3,(H,17,18). The molecule has 0 saturated heterocycles. The van der Waals surface area contributed by atoms with E-state index in [-0.39, 0.29) is 0 Å². The van der Waals surface area contributed by atoms with E-state index >= 15 is 0 Å². The molecule has 0 atom stereocenters. The van der Waals surface area contributed by atoms with Crippen molar-refractivity contribution in [3.8, 4) is 0 Å². The van der Waals surface area contributed by atoms with E-state index in [9.17, 15) is 0 Å². The number of fused-ring (bicyclic) bond motifs is 1. The zero-order valence-corrected chi connectivity index (χ0v) is 12.2. The first-order valence-corrected chi connectivity index (χ1v) is 7.49. The Balaban J connectivity index is 2.01. The monoisotopic (exact) mass is 259 g/mol. The minimum atomic E-state index is 0.939. The first-order valence-electron chi connectivity index (χ1n) is 7.49. The van der Waals surface area contributed by atoms with Crippen molar-refractivity contribution in [1.82, 2.24) is 14.9 Å². The third kappa shape index (κ3) is 4.06. The Morgan fingerprint density at radius 2 is 1.74 bits per heavy atom. The summed E-state index contributed by atoms with van der Waals surface area (Å²) in [6.45, 7) is 7.79. The van der Waals surface area contributed by atoms with Crippen LogP contribution >= 0.6 is 0 Å². The van der Waals surface area contributed by atoms with Gasteiger partial charge in [-0.2, -0.15) is 0 Å². The molecule has 0 radical (unpaired) electrons. The summed E-state index contributed by atoms with van der Waals surface area (Å²) in [6.07, 6.45) is 5.04. The summed E-state index contributed by atoms with van der Waals surface area (Å²) in [5, 5.41) is 0. The molecule has 0 bridgehead atoms. The number of H-pyrrole nitrogens is 1. The first-order chi connectivity index (χ1) is 9.33. The van der Waals surface area contributed by atoms with Gasteiger partial charge in [0.15, 0.2) is 0 Å². The molecule has 2 aromatic rings. The van der Waals surface area contributed by atoms with Crippen molar-refractivity contribution in [2.75, 3.05) is 13.1 Å². The molecular weight excluding hydrogens is 234 g/mol. The maximum absolute atomic E-state index is 4.67. The van der Waals surface area contributed by atoms with Crippen LogP contribution in [0, 0.1) is 0 Å². The molecule has 1 heterocycles. The Morgan fingerprint density at radius 3 is 2.37 bits per heavy atom. The Kier molecular flexibility index (Phi) is 5.40. The van der Waals surface area contributed by atoms with Crippen LogP contribution < -0.4 is 0 Å². The lowest BCUT2D eigenvalue weighted by Crippen LogP contribution is -2.26. The molecule has 1 aromatic heterocycles. The molecule has 19 heavy (non-hydrogen) atoms. The molecule has 0 amide bonds. The normalized spacial score (nSPS) is 11.5. The van der Waals surface area contributed by atoms with Gasteiger partial charge in [0.05, 0.1) is 17.6 Å². The summed E-state index contributed by atoms with van der Waals surface area (Å²) in [5.74, 6) is 1.09. The topological polar surface area (TPSA) is 31.9 Å². The molecule has 0 unspecified atom stereocenters. The highest BCUT2D eigenvalue weighted by Crippen LogP contribution is 2.12. The van der Waals surface area contributed by atoms with Crippen LogP contribution in [0.1, 0.15) is 45.4 Å². The van der Waals surface area contributed by atoms with E-state index in [1.165, 1.54) is 38.8 Å². The summed E-state index contributed by atoms with van der Waals surface area (Å²) in [6, 6.07) is 8.25. The number of para-hydroxylation sites is 2. The predicted octanol–water partition coefficient (Wildman–Crippen LogP) is 3.97. The van der Waals surface area contributed by atoms with Crippen molar-refractivity contribution >= 4 is 11.0 Å². The van der Waals surface area contributed by atoms with Gasteiger partial charge in [0.25, 0.3) is 0 Å². The number of rotatable bonds is 8. The van der Waals surface area contributed by atoms with Crippen molar-refractivity contribution < 1.29 is 0 Å². The van der Waals surface area contributed by atoms with E-state index in [2.05, 4.69) is 46.9 Å². The van der Waals surface area contributed by atoms with E-state index in [0.29, 0.717) is 0 Å². The van der Waals surface area contributed by atoms with Crippen molar-refractivity contribution in [2.24, 2.45) is 0 Å². The number of imidazole rings is 1. The van der Waals surface area contributed by atoms with E-state index in [1.54, 1.807) is 0 Å². The molecule has 0 aliphatic carbocycles. The molecule has 3 heteroatoms. The van der Waals surface area contributed by atoms with Gasteiger partial charge in [-0.1, -0.05) is 38.8 Å². The molecule has 0 aliphatic rings. The van der Waals surface area contributed by atoms with E-state index < -0.39 is 0 Å². The molecule has 104 valence electrons. The van der Waals surface area contributed by atoms with Gasteiger partial charge >= 0.3 is 0 Å². The maximum atomic E-state index is 4.67. The predicted molar refractivity (Wildman–Crippen MR) is 81.2 cm³/mol. The lowest BCUT2D eigenvalue weighted by molar-refractivity contribution is 0.252. The number of aromatic amines is 1. The summed E-state index contributed by atoms with van der Waals surface area (Å²) in [7, 11) is 0. The Bertz CT molecular complexity index is 448. The van der Waals surface area contributed by atoms with Crippen LogP contribution in [0.25, 0.3) is 11.0 Å². The number of unbranched alkanes of at least 4 members (excludes halogenated alkanes) is 2. The van der Waals surface area contributed by atoms with Gasteiger partial charge in [0.2, 0.25) is 0 Å². The van der Waals surface area contributed by atoms with Crippen molar-refractivity contribution in [1.29, 1.82) is 0 Å². The molecule has 0 spiro atoms. The van der Waals surface area contributed by atoms with Crippen molar-refractivity contribution in [3.05, 3.63) is 30.1 Å². The lowest BCUT2D eigenvalue weighted by Gasteiger charge is -2.20. The SMILES string of the molecule is CCCCN(CCCC)Cc1nc2ccccc2[nH]1. The van der Waals surface area contributed by atoms with E-state index in [1.807, 2.05) is 6.07 Å². The summed E-state index contributed by atoms with van der Waals surface area (Å²) in [4.78, 5) is 10.6. The third-order valence-corrected chi connectivity index (χ3v) is 3.47. The second kappa shape index (κ2) is 7.29. The molecule has 0 fully saturated rings. The fourth-order valence-corrected chi connectivity index (χ4v) is 2.33. The highest BCUT2D eigenvalue weighted by molar-refractivity contribution is 5.74. The second-order valence-corrected chi connectivity index (χ2v) is 5.18. The van der Waals surface area contributed by atoms with Gasteiger partial charge in [-0.25, -0.2) is 4.98 Å². The highest BCUT2D eigenvalue weighted by Gasteiger charge is 2.08. The Morgan fingerprint density at radius 1 is 1.05 bits per heavy atom. The highest BCUT2D eigenvalue weighted by atomic mass is 15.1. The number of nitrogens with one attached hydrogen (secondary N) is 1. The van der Waals surface area contributed by atoms with Crippen molar-refractivity contribution in [2.45, 2.75) is 46.1 Å². The molecule has 0 aliphatic heterocycles. The van der Waals surface area contributed by atoms with Gasteiger partial charge in [-0.05, 0) is 38.1 Å². The van der Waals surface area contributed by atoms with Gasteiger partial charge in [-0.3, -0.25) is 4.90 Å². The van der Waals surface area contributed by atoms with Gasteiger partial charge in [0, 0.05) is 0 Å². The van der Waals surface area contributed by atoms with Crippen LogP contribution in [0.15, 0.2) is 24.3 Å².